The van der Waals surface area contributed by atoms with E-state index in [4.69, 9.17) is 8.83 Å². The van der Waals surface area contributed by atoms with Crippen LogP contribution in [-0.2, 0) is 16.1 Å². The van der Waals surface area contributed by atoms with Crippen molar-refractivity contribution in [1.29, 1.82) is 0 Å². The van der Waals surface area contributed by atoms with E-state index in [0.717, 1.165) is 4.90 Å². The minimum Gasteiger partial charge on any atom is -0.467 e. The average Bonchev–Trinajstić information content (AvgIpc) is 3.60. The lowest BCUT2D eigenvalue weighted by molar-refractivity contribution is -0.126. The number of anilines is 1. The Bertz CT molecular complexity index is 1270. The molecule has 0 saturated heterocycles. The summed E-state index contributed by atoms with van der Waals surface area (Å²) in [5.41, 5.74) is 0.352. The second kappa shape index (κ2) is 11.0. The topological polar surface area (TPSA) is 105 Å². The molecule has 4 aromatic rings. The Hall–Kier alpha value is -4.66. The van der Waals surface area contributed by atoms with Gasteiger partial charge in [0.2, 0.25) is 11.8 Å². The van der Waals surface area contributed by atoms with Crippen molar-refractivity contribution in [1.82, 2.24) is 10.6 Å². The number of benzene rings is 2. The molecule has 0 bridgehead atoms. The first-order chi connectivity index (χ1) is 17.0. The number of hydrogen-bond acceptors (Lipinski definition) is 5. The Morgan fingerprint density at radius 2 is 1.54 bits per heavy atom. The number of furan rings is 2. The van der Waals surface area contributed by atoms with Gasteiger partial charge in [0, 0.05) is 11.3 Å². The molecule has 1 atom stereocenters. The Kier molecular flexibility index (Phi) is 7.37. The zero-order valence-corrected chi connectivity index (χ0v) is 18.5. The first-order valence-electron chi connectivity index (χ1n) is 10.8. The third kappa shape index (κ3) is 5.64. The molecule has 0 aliphatic carbocycles. The highest BCUT2D eigenvalue weighted by molar-refractivity contribution is 6.04. The molecule has 35 heavy (non-hydrogen) atoms. The molecule has 2 N–H and O–H groups in total. The molecule has 4 rings (SSSR count). The summed E-state index contributed by atoms with van der Waals surface area (Å²) in [6, 6.07) is 19.1. The minimum atomic E-state index is -1.36. The highest BCUT2D eigenvalue weighted by atomic mass is 19.1. The summed E-state index contributed by atoms with van der Waals surface area (Å²) in [7, 11) is 0. The van der Waals surface area contributed by atoms with Crippen LogP contribution < -0.4 is 15.5 Å². The highest BCUT2D eigenvalue weighted by Crippen LogP contribution is 2.29. The molecular formula is C26H22FN3O5. The summed E-state index contributed by atoms with van der Waals surface area (Å²) in [4.78, 5) is 40.3. The van der Waals surface area contributed by atoms with Gasteiger partial charge in [-0.05, 0) is 42.5 Å². The third-order valence-corrected chi connectivity index (χ3v) is 5.17. The SMILES string of the molecule is O=C(NCC(=O)N(c1ccccc1)C(C(=O)NCc1ccco1)c1ccccc1F)c1ccco1. The van der Waals surface area contributed by atoms with Gasteiger partial charge in [0.05, 0.1) is 25.6 Å². The van der Waals surface area contributed by atoms with Gasteiger partial charge >= 0.3 is 0 Å². The number of nitrogens with zero attached hydrogens (tertiary/aromatic N) is 1. The Balaban J connectivity index is 1.66. The summed E-state index contributed by atoms with van der Waals surface area (Å²) in [6.45, 7) is -0.409. The number of carbonyl (C=O) groups excluding carboxylic acids is 3. The van der Waals surface area contributed by atoms with E-state index in [1.807, 2.05) is 0 Å². The van der Waals surface area contributed by atoms with Crippen molar-refractivity contribution in [3.05, 3.63) is 114 Å². The standard InChI is InChI=1S/C26H22FN3O5/c27-21-12-5-4-11-20(21)24(26(33)28-16-19-10-6-14-34-19)30(18-8-2-1-3-9-18)23(31)17-29-25(32)22-13-7-15-35-22/h1-15,24H,16-17H2,(H,28,33)(H,29,32). The first-order valence-corrected chi connectivity index (χ1v) is 10.8. The fourth-order valence-corrected chi connectivity index (χ4v) is 3.54. The maximum absolute atomic E-state index is 14.9. The zero-order valence-electron chi connectivity index (χ0n) is 18.5. The number of carbonyl (C=O) groups is 3. The molecule has 0 fully saturated rings. The Morgan fingerprint density at radius 1 is 0.829 bits per heavy atom. The molecule has 1 unspecified atom stereocenters. The van der Waals surface area contributed by atoms with Crippen LogP contribution in [0.4, 0.5) is 10.1 Å². The van der Waals surface area contributed by atoms with Gasteiger partial charge in [0.15, 0.2) is 5.76 Å². The molecule has 2 aromatic heterocycles. The maximum Gasteiger partial charge on any atom is 0.287 e. The van der Waals surface area contributed by atoms with Gasteiger partial charge in [-0.1, -0.05) is 36.4 Å². The molecule has 0 aliphatic rings. The van der Waals surface area contributed by atoms with Crippen molar-refractivity contribution in [2.24, 2.45) is 0 Å². The third-order valence-electron chi connectivity index (χ3n) is 5.17. The quantitative estimate of drug-likeness (QED) is 0.383. The summed E-state index contributed by atoms with van der Waals surface area (Å²) >= 11 is 0. The van der Waals surface area contributed by atoms with E-state index in [-0.39, 0.29) is 17.9 Å². The van der Waals surface area contributed by atoms with Crippen LogP contribution in [0.3, 0.4) is 0 Å². The van der Waals surface area contributed by atoms with Crippen LogP contribution in [-0.4, -0.2) is 24.3 Å². The molecule has 2 aromatic carbocycles. The summed E-state index contributed by atoms with van der Waals surface area (Å²) in [5, 5.41) is 5.19. The molecule has 8 nitrogen and oxygen atoms in total. The smallest absolute Gasteiger partial charge is 0.287 e. The molecule has 9 heteroatoms. The van der Waals surface area contributed by atoms with Gasteiger partial charge in [0.1, 0.15) is 17.6 Å². The van der Waals surface area contributed by atoms with Crippen LogP contribution in [0.15, 0.2) is 100 Å². The fraction of sp³-hybridized carbons (Fsp3) is 0.115. The van der Waals surface area contributed by atoms with E-state index in [0.29, 0.717) is 11.4 Å². The van der Waals surface area contributed by atoms with E-state index in [9.17, 15) is 18.8 Å². The second-order valence-electron chi connectivity index (χ2n) is 7.48. The molecule has 178 valence electrons. The summed E-state index contributed by atoms with van der Waals surface area (Å²) < 4.78 is 25.2. The zero-order chi connectivity index (χ0) is 24.6. The van der Waals surface area contributed by atoms with Crippen molar-refractivity contribution >= 4 is 23.4 Å². The van der Waals surface area contributed by atoms with E-state index in [1.54, 1.807) is 54.6 Å². The maximum atomic E-state index is 14.9. The lowest BCUT2D eigenvalue weighted by atomic mass is 10.0. The number of hydrogen-bond donors (Lipinski definition) is 2. The van der Waals surface area contributed by atoms with E-state index in [1.165, 1.54) is 36.8 Å². The number of para-hydroxylation sites is 1. The van der Waals surface area contributed by atoms with Crippen LogP contribution in [0.2, 0.25) is 0 Å². The van der Waals surface area contributed by atoms with Crippen LogP contribution in [0, 0.1) is 5.82 Å². The van der Waals surface area contributed by atoms with E-state index >= 15 is 0 Å². The van der Waals surface area contributed by atoms with Gasteiger partial charge in [-0.2, -0.15) is 0 Å². The monoisotopic (exact) mass is 475 g/mol. The lowest BCUT2D eigenvalue weighted by Crippen LogP contribution is -2.47. The number of rotatable bonds is 9. The predicted molar refractivity (Wildman–Crippen MR) is 125 cm³/mol. The molecular weight excluding hydrogens is 453 g/mol. The van der Waals surface area contributed by atoms with Crippen LogP contribution in [0.25, 0.3) is 0 Å². The number of halogens is 1. The van der Waals surface area contributed by atoms with Crippen molar-refractivity contribution < 1.29 is 27.6 Å². The Labute approximate surface area is 200 Å². The normalized spacial score (nSPS) is 11.5. The largest absolute Gasteiger partial charge is 0.467 e. The van der Waals surface area contributed by atoms with E-state index < -0.39 is 36.1 Å². The highest BCUT2D eigenvalue weighted by Gasteiger charge is 2.34. The van der Waals surface area contributed by atoms with Crippen LogP contribution in [0.1, 0.15) is 27.9 Å². The molecule has 2 heterocycles. The van der Waals surface area contributed by atoms with Gasteiger partial charge < -0.3 is 19.5 Å². The van der Waals surface area contributed by atoms with Crippen molar-refractivity contribution in [3.8, 4) is 0 Å². The second-order valence-corrected chi connectivity index (χ2v) is 7.48. The lowest BCUT2D eigenvalue weighted by Gasteiger charge is -2.31. The van der Waals surface area contributed by atoms with Crippen molar-refractivity contribution in [3.63, 3.8) is 0 Å². The summed E-state index contributed by atoms with van der Waals surface area (Å²) in [5.74, 6) is -1.97. The molecule has 0 saturated carbocycles. The average molecular weight is 475 g/mol. The van der Waals surface area contributed by atoms with Gasteiger partial charge in [-0.25, -0.2) is 4.39 Å². The van der Waals surface area contributed by atoms with Crippen LogP contribution >= 0.6 is 0 Å². The van der Waals surface area contributed by atoms with Gasteiger partial charge in [-0.3, -0.25) is 19.3 Å². The fourth-order valence-electron chi connectivity index (χ4n) is 3.54. The van der Waals surface area contributed by atoms with Crippen molar-refractivity contribution in [2.45, 2.75) is 12.6 Å². The first kappa shape index (κ1) is 23.5. The van der Waals surface area contributed by atoms with Gasteiger partial charge in [0.25, 0.3) is 5.91 Å². The minimum absolute atomic E-state index is 0.000918. The van der Waals surface area contributed by atoms with Crippen LogP contribution in [0.5, 0.6) is 0 Å². The van der Waals surface area contributed by atoms with Gasteiger partial charge in [-0.15, -0.1) is 0 Å². The molecule has 0 spiro atoms. The molecule has 0 radical (unpaired) electrons. The Morgan fingerprint density at radius 3 is 2.23 bits per heavy atom. The van der Waals surface area contributed by atoms with Crippen molar-refractivity contribution in [2.75, 3.05) is 11.4 Å². The summed E-state index contributed by atoms with van der Waals surface area (Å²) in [6.07, 6.45) is 2.81. The number of nitrogens with one attached hydrogen (secondary N) is 2. The number of amides is 3. The molecule has 3 amide bonds. The predicted octanol–water partition coefficient (Wildman–Crippen LogP) is 3.83. The molecule has 0 aliphatic heterocycles. The van der Waals surface area contributed by atoms with E-state index in [2.05, 4.69) is 10.6 Å².